The Hall–Kier alpha value is -3.03. The molecule has 8 heteroatoms. The Bertz CT molecular complexity index is 792. The highest BCUT2D eigenvalue weighted by Gasteiger charge is 2.12. The van der Waals surface area contributed by atoms with Gasteiger partial charge < -0.3 is 4.52 Å². The lowest BCUT2D eigenvalue weighted by atomic mass is 10.1. The SMILES string of the molecule is Cc1cccc(-c2nc(Cn3cc([N+](=O)[O-])cn3)no2)c1. The van der Waals surface area contributed by atoms with E-state index in [-0.39, 0.29) is 12.2 Å². The molecule has 2 heterocycles. The molecular weight excluding hydrogens is 274 g/mol. The molecule has 1 aromatic carbocycles. The first-order valence-electron chi connectivity index (χ1n) is 6.18. The lowest BCUT2D eigenvalue weighted by Gasteiger charge is -1.95. The molecular formula is C13H11N5O3. The number of hydrogen-bond acceptors (Lipinski definition) is 6. The first kappa shape index (κ1) is 13.0. The molecule has 106 valence electrons. The van der Waals surface area contributed by atoms with Gasteiger partial charge >= 0.3 is 5.69 Å². The van der Waals surface area contributed by atoms with Crippen LogP contribution in [0.3, 0.4) is 0 Å². The number of rotatable bonds is 4. The molecule has 0 bridgehead atoms. The molecule has 0 radical (unpaired) electrons. The van der Waals surface area contributed by atoms with Gasteiger partial charge in [0.2, 0.25) is 0 Å². The van der Waals surface area contributed by atoms with Crippen molar-refractivity contribution in [2.24, 2.45) is 0 Å². The lowest BCUT2D eigenvalue weighted by Crippen LogP contribution is -2.01. The van der Waals surface area contributed by atoms with Gasteiger partial charge in [-0.2, -0.15) is 10.1 Å². The van der Waals surface area contributed by atoms with Crippen molar-refractivity contribution < 1.29 is 9.45 Å². The van der Waals surface area contributed by atoms with E-state index in [2.05, 4.69) is 15.2 Å². The van der Waals surface area contributed by atoms with Crippen molar-refractivity contribution in [1.82, 2.24) is 19.9 Å². The van der Waals surface area contributed by atoms with Gasteiger partial charge in [-0.15, -0.1) is 0 Å². The zero-order chi connectivity index (χ0) is 14.8. The number of aromatic nitrogens is 4. The minimum atomic E-state index is -0.502. The summed E-state index contributed by atoms with van der Waals surface area (Å²) in [5.74, 6) is 0.819. The summed E-state index contributed by atoms with van der Waals surface area (Å²) in [4.78, 5) is 14.4. The fourth-order valence-corrected chi connectivity index (χ4v) is 1.89. The van der Waals surface area contributed by atoms with Gasteiger partial charge in [-0.1, -0.05) is 22.9 Å². The van der Waals surface area contributed by atoms with E-state index in [1.54, 1.807) is 0 Å². The van der Waals surface area contributed by atoms with Gasteiger partial charge in [-0.25, -0.2) is 0 Å². The van der Waals surface area contributed by atoms with Crippen molar-refractivity contribution in [3.8, 4) is 11.5 Å². The first-order chi connectivity index (χ1) is 10.1. The second-order valence-electron chi connectivity index (χ2n) is 4.54. The van der Waals surface area contributed by atoms with Crippen LogP contribution < -0.4 is 0 Å². The highest BCUT2D eigenvalue weighted by molar-refractivity contribution is 5.53. The average Bonchev–Trinajstić information content (AvgIpc) is 3.08. The third-order valence-corrected chi connectivity index (χ3v) is 2.87. The van der Waals surface area contributed by atoms with E-state index < -0.39 is 4.92 Å². The Balaban J connectivity index is 1.80. The second kappa shape index (κ2) is 5.16. The summed E-state index contributed by atoms with van der Waals surface area (Å²) in [7, 11) is 0. The van der Waals surface area contributed by atoms with Crippen LogP contribution in [-0.2, 0) is 6.54 Å². The molecule has 0 fully saturated rings. The summed E-state index contributed by atoms with van der Waals surface area (Å²) < 4.78 is 6.59. The number of nitrogens with zero attached hydrogens (tertiary/aromatic N) is 5. The maximum atomic E-state index is 10.6. The van der Waals surface area contributed by atoms with Crippen LogP contribution in [0.5, 0.6) is 0 Å². The molecule has 0 saturated heterocycles. The van der Waals surface area contributed by atoms with Crippen molar-refractivity contribution in [3.63, 3.8) is 0 Å². The minimum Gasteiger partial charge on any atom is -0.334 e. The Morgan fingerprint density at radius 2 is 2.29 bits per heavy atom. The normalized spacial score (nSPS) is 10.7. The summed E-state index contributed by atoms with van der Waals surface area (Å²) in [6.45, 7) is 2.19. The van der Waals surface area contributed by atoms with Gasteiger partial charge in [0.25, 0.3) is 5.89 Å². The molecule has 0 aliphatic rings. The van der Waals surface area contributed by atoms with Crippen molar-refractivity contribution in [2.75, 3.05) is 0 Å². The van der Waals surface area contributed by atoms with Crippen molar-refractivity contribution in [1.29, 1.82) is 0 Å². The first-order valence-corrected chi connectivity index (χ1v) is 6.18. The molecule has 8 nitrogen and oxygen atoms in total. The van der Waals surface area contributed by atoms with Crippen LogP contribution in [0.25, 0.3) is 11.5 Å². The van der Waals surface area contributed by atoms with Crippen molar-refractivity contribution >= 4 is 5.69 Å². The van der Waals surface area contributed by atoms with Gasteiger partial charge in [-0.3, -0.25) is 14.8 Å². The smallest absolute Gasteiger partial charge is 0.307 e. The van der Waals surface area contributed by atoms with Crippen LogP contribution >= 0.6 is 0 Å². The van der Waals surface area contributed by atoms with Crippen LogP contribution in [-0.4, -0.2) is 24.8 Å². The van der Waals surface area contributed by atoms with Crippen LogP contribution in [0.15, 0.2) is 41.2 Å². The Morgan fingerprint density at radius 3 is 3.00 bits per heavy atom. The monoisotopic (exact) mass is 285 g/mol. The molecule has 3 aromatic rings. The zero-order valence-electron chi connectivity index (χ0n) is 11.1. The van der Waals surface area contributed by atoms with E-state index in [0.29, 0.717) is 11.7 Å². The van der Waals surface area contributed by atoms with Gasteiger partial charge in [0.05, 0.1) is 4.92 Å². The summed E-state index contributed by atoms with van der Waals surface area (Å²) in [5.41, 5.74) is 1.85. The van der Waals surface area contributed by atoms with Crippen molar-refractivity contribution in [3.05, 3.63) is 58.2 Å². The van der Waals surface area contributed by atoms with E-state index >= 15 is 0 Å². The molecule has 3 rings (SSSR count). The predicted molar refractivity (Wildman–Crippen MR) is 72.5 cm³/mol. The van der Waals surface area contributed by atoms with E-state index in [4.69, 9.17) is 4.52 Å². The van der Waals surface area contributed by atoms with Crippen LogP contribution in [0.1, 0.15) is 11.4 Å². The maximum Gasteiger partial charge on any atom is 0.307 e. The van der Waals surface area contributed by atoms with Gasteiger partial charge in [-0.05, 0) is 19.1 Å². The molecule has 0 saturated carbocycles. The van der Waals surface area contributed by atoms with Gasteiger partial charge in [0.15, 0.2) is 5.82 Å². The van der Waals surface area contributed by atoms with Gasteiger partial charge in [0, 0.05) is 5.56 Å². The topological polar surface area (TPSA) is 99.9 Å². The molecule has 0 N–H and O–H groups in total. The highest BCUT2D eigenvalue weighted by atomic mass is 16.6. The fraction of sp³-hybridized carbons (Fsp3) is 0.154. The average molecular weight is 285 g/mol. The molecule has 0 aliphatic heterocycles. The Morgan fingerprint density at radius 1 is 1.43 bits per heavy atom. The zero-order valence-corrected chi connectivity index (χ0v) is 11.1. The Labute approximate surface area is 119 Å². The molecule has 0 aliphatic carbocycles. The van der Waals surface area contributed by atoms with E-state index in [0.717, 1.165) is 11.1 Å². The van der Waals surface area contributed by atoms with Crippen LogP contribution in [0.2, 0.25) is 0 Å². The summed E-state index contributed by atoms with van der Waals surface area (Å²) in [5, 5.41) is 18.3. The third-order valence-electron chi connectivity index (χ3n) is 2.87. The third kappa shape index (κ3) is 2.78. The molecule has 0 unspecified atom stereocenters. The summed E-state index contributed by atoms with van der Waals surface area (Å²) >= 11 is 0. The van der Waals surface area contributed by atoms with E-state index in [9.17, 15) is 10.1 Å². The van der Waals surface area contributed by atoms with Crippen LogP contribution in [0, 0.1) is 17.0 Å². The molecule has 0 atom stereocenters. The Kier molecular flexibility index (Phi) is 3.19. The van der Waals surface area contributed by atoms with Gasteiger partial charge in [0.1, 0.15) is 18.9 Å². The molecule has 2 aromatic heterocycles. The minimum absolute atomic E-state index is 0.0718. The standard InChI is InChI=1S/C13H11N5O3/c1-9-3-2-4-10(5-9)13-15-12(16-21-13)8-17-7-11(6-14-17)18(19)20/h2-7H,8H2,1H3. The summed E-state index contributed by atoms with van der Waals surface area (Å²) in [6, 6.07) is 7.70. The molecule has 0 spiro atoms. The van der Waals surface area contributed by atoms with E-state index in [1.807, 2.05) is 31.2 Å². The maximum absolute atomic E-state index is 10.6. The quantitative estimate of drug-likeness (QED) is 0.538. The molecule has 21 heavy (non-hydrogen) atoms. The number of benzene rings is 1. The highest BCUT2D eigenvalue weighted by Crippen LogP contribution is 2.18. The number of nitro groups is 1. The second-order valence-corrected chi connectivity index (χ2v) is 4.54. The number of hydrogen-bond donors (Lipinski definition) is 0. The van der Waals surface area contributed by atoms with Crippen molar-refractivity contribution in [2.45, 2.75) is 13.5 Å². The van der Waals surface area contributed by atoms with Crippen LogP contribution in [0.4, 0.5) is 5.69 Å². The summed E-state index contributed by atoms with van der Waals surface area (Å²) in [6.07, 6.45) is 2.50. The molecule has 0 amide bonds. The lowest BCUT2D eigenvalue weighted by molar-refractivity contribution is -0.385. The predicted octanol–water partition coefficient (Wildman–Crippen LogP) is 2.20. The van der Waals surface area contributed by atoms with E-state index in [1.165, 1.54) is 17.1 Å². The largest absolute Gasteiger partial charge is 0.334 e. The fourth-order valence-electron chi connectivity index (χ4n) is 1.89. The number of aryl methyl sites for hydroxylation is 1.